The third kappa shape index (κ3) is 4.10. The highest BCUT2D eigenvalue weighted by Crippen LogP contribution is 2.65. The molecule has 0 radical (unpaired) electrons. The van der Waals surface area contributed by atoms with Crippen LogP contribution in [0.1, 0.15) is 51.6 Å². The van der Waals surface area contributed by atoms with E-state index in [0.29, 0.717) is 31.4 Å². The van der Waals surface area contributed by atoms with Gasteiger partial charge in [-0.15, -0.1) is 6.58 Å². The molecule has 3 aliphatic rings. The Labute approximate surface area is 218 Å². The van der Waals surface area contributed by atoms with Crippen LogP contribution in [0.4, 0.5) is 0 Å². The average molecular weight is 511 g/mol. The molecule has 2 amide bonds. The predicted molar refractivity (Wildman–Crippen MR) is 138 cm³/mol. The highest BCUT2D eigenvalue weighted by molar-refractivity contribution is 5.99. The Kier molecular flexibility index (Phi) is 7.62. The molecule has 6 atom stereocenters. The number of aliphatic hydroxyl groups is 1. The van der Waals surface area contributed by atoms with Gasteiger partial charge in [0.1, 0.15) is 24.2 Å². The minimum atomic E-state index is -1.20. The monoisotopic (exact) mass is 510 g/mol. The summed E-state index contributed by atoms with van der Waals surface area (Å²) in [6.07, 6.45) is 4.66. The molecule has 8 nitrogen and oxygen atoms in total. The van der Waals surface area contributed by atoms with Crippen LogP contribution in [0.25, 0.3) is 0 Å². The van der Waals surface area contributed by atoms with Crippen molar-refractivity contribution >= 4 is 17.8 Å². The van der Waals surface area contributed by atoms with Crippen LogP contribution in [0.15, 0.2) is 55.6 Å². The van der Waals surface area contributed by atoms with E-state index in [1.54, 1.807) is 11.0 Å². The van der Waals surface area contributed by atoms with E-state index < -0.39 is 41.1 Å². The van der Waals surface area contributed by atoms with Crippen LogP contribution in [-0.2, 0) is 23.9 Å². The van der Waals surface area contributed by atoms with Crippen molar-refractivity contribution in [3.63, 3.8) is 0 Å². The first-order valence-electron chi connectivity index (χ1n) is 13.1. The van der Waals surface area contributed by atoms with Gasteiger partial charge in [0.05, 0.1) is 24.2 Å². The molecule has 3 saturated heterocycles. The average Bonchev–Trinajstić information content (AvgIpc) is 3.50. The van der Waals surface area contributed by atoms with Crippen LogP contribution in [-0.4, -0.2) is 75.7 Å². The molecule has 3 heterocycles. The topological polar surface area (TPSA) is 96.4 Å². The van der Waals surface area contributed by atoms with E-state index in [0.717, 1.165) is 0 Å². The van der Waals surface area contributed by atoms with Gasteiger partial charge in [-0.05, 0) is 38.7 Å². The molecule has 2 unspecified atom stereocenters. The number of esters is 1. The lowest BCUT2D eigenvalue weighted by atomic mass is 9.65. The van der Waals surface area contributed by atoms with Crippen molar-refractivity contribution in [1.82, 2.24) is 9.80 Å². The smallest absolute Gasteiger partial charge is 0.313 e. The third-order valence-electron chi connectivity index (χ3n) is 8.38. The number of aliphatic hydroxyl groups excluding tert-OH is 1. The highest BCUT2D eigenvalue weighted by atomic mass is 16.6. The van der Waals surface area contributed by atoms with Gasteiger partial charge in [0, 0.05) is 12.6 Å². The zero-order chi connectivity index (χ0) is 27.0. The summed E-state index contributed by atoms with van der Waals surface area (Å²) in [5.41, 5.74) is -1.37. The lowest BCUT2D eigenvalue weighted by Gasteiger charge is -2.40. The van der Waals surface area contributed by atoms with Crippen molar-refractivity contribution in [3.8, 4) is 0 Å². The van der Waals surface area contributed by atoms with Gasteiger partial charge in [0.2, 0.25) is 11.8 Å². The highest BCUT2D eigenvalue weighted by Gasteiger charge is 2.79. The predicted octanol–water partition coefficient (Wildman–Crippen LogP) is 3.03. The number of benzene rings is 1. The van der Waals surface area contributed by atoms with E-state index in [9.17, 15) is 19.5 Å². The number of carbonyl (C=O) groups excluding carboxylic acids is 3. The van der Waals surface area contributed by atoms with Gasteiger partial charge in [-0.3, -0.25) is 14.4 Å². The maximum Gasteiger partial charge on any atom is 0.313 e. The molecule has 0 aromatic heterocycles. The number of hydrogen-bond donors (Lipinski definition) is 1. The Morgan fingerprint density at radius 3 is 2.51 bits per heavy atom. The van der Waals surface area contributed by atoms with Crippen molar-refractivity contribution in [2.45, 2.75) is 69.4 Å². The maximum atomic E-state index is 14.4. The van der Waals surface area contributed by atoms with Crippen molar-refractivity contribution in [1.29, 1.82) is 0 Å². The van der Waals surface area contributed by atoms with Crippen LogP contribution in [0.2, 0.25) is 0 Å². The van der Waals surface area contributed by atoms with Gasteiger partial charge in [-0.2, -0.15) is 0 Å². The first-order chi connectivity index (χ1) is 17.7. The molecule has 1 N–H and O–H groups in total. The second-order valence-electron chi connectivity index (χ2n) is 10.5. The molecule has 3 aliphatic heterocycles. The fourth-order valence-electron chi connectivity index (χ4n) is 6.74. The second kappa shape index (κ2) is 10.4. The number of hydrogen-bond acceptors (Lipinski definition) is 6. The molecule has 0 aliphatic carbocycles. The summed E-state index contributed by atoms with van der Waals surface area (Å²) >= 11 is 0. The van der Waals surface area contributed by atoms with Crippen molar-refractivity contribution in [3.05, 3.63) is 61.2 Å². The Morgan fingerprint density at radius 1 is 1.24 bits per heavy atom. The molecule has 1 aromatic carbocycles. The standard InChI is InChI=1S/C29H38N2O6/c1-6-16-30(19(4)5)26(34)24-29-15-14-28(8-3,37-29)23(27(35)36-17-7-2)22(29)25(33)31(24)21(18-32)20-12-10-9-11-13-20/h6-7,9-13,19,21-24,32H,1-2,8,14-18H2,3-5H3/t21-,22+,23-,24?,28+,29?/m1/s1. The number of amides is 2. The summed E-state index contributed by atoms with van der Waals surface area (Å²) < 4.78 is 12.2. The van der Waals surface area contributed by atoms with Gasteiger partial charge >= 0.3 is 5.97 Å². The van der Waals surface area contributed by atoms with Gasteiger partial charge < -0.3 is 24.4 Å². The van der Waals surface area contributed by atoms with E-state index in [-0.39, 0.29) is 31.1 Å². The largest absolute Gasteiger partial charge is 0.461 e. The number of rotatable bonds is 11. The minimum Gasteiger partial charge on any atom is -0.461 e. The molecule has 3 fully saturated rings. The van der Waals surface area contributed by atoms with Crippen molar-refractivity contribution in [2.75, 3.05) is 19.8 Å². The summed E-state index contributed by atoms with van der Waals surface area (Å²) in [7, 11) is 0. The first-order valence-corrected chi connectivity index (χ1v) is 13.1. The fraction of sp³-hybridized carbons (Fsp3) is 0.552. The Hall–Kier alpha value is -2.97. The van der Waals surface area contributed by atoms with Crippen LogP contribution < -0.4 is 0 Å². The summed E-state index contributed by atoms with van der Waals surface area (Å²) in [5, 5.41) is 10.5. The van der Waals surface area contributed by atoms with E-state index in [4.69, 9.17) is 9.47 Å². The second-order valence-corrected chi connectivity index (χ2v) is 10.5. The molecule has 1 aromatic rings. The minimum absolute atomic E-state index is 0.0266. The van der Waals surface area contributed by atoms with Crippen molar-refractivity contribution < 1.29 is 29.0 Å². The van der Waals surface area contributed by atoms with E-state index >= 15 is 0 Å². The molecular weight excluding hydrogens is 472 g/mol. The quantitative estimate of drug-likeness (QED) is 0.363. The van der Waals surface area contributed by atoms with E-state index in [1.807, 2.05) is 51.1 Å². The third-order valence-corrected chi connectivity index (χ3v) is 8.38. The molecule has 200 valence electrons. The van der Waals surface area contributed by atoms with Gasteiger partial charge in [0.25, 0.3) is 0 Å². The Balaban J connectivity index is 1.88. The summed E-state index contributed by atoms with van der Waals surface area (Å²) in [4.78, 5) is 45.3. The summed E-state index contributed by atoms with van der Waals surface area (Å²) in [6, 6.07) is 7.23. The number of carbonyl (C=O) groups is 3. The molecule has 37 heavy (non-hydrogen) atoms. The van der Waals surface area contributed by atoms with Crippen LogP contribution >= 0.6 is 0 Å². The fourth-order valence-corrected chi connectivity index (χ4v) is 6.74. The van der Waals surface area contributed by atoms with Gasteiger partial charge in [0.15, 0.2) is 0 Å². The van der Waals surface area contributed by atoms with Gasteiger partial charge in [-0.25, -0.2) is 0 Å². The van der Waals surface area contributed by atoms with Crippen molar-refractivity contribution in [2.24, 2.45) is 11.8 Å². The number of fused-ring (bicyclic) bond motifs is 1. The van der Waals surface area contributed by atoms with Crippen LogP contribution in [0, 0.1) is 11.8 Å². The van der Waals surface area contributed by atoms with E-state index in [2.05, 4.69) is 13.2 Å². The lowest BCUT2D eigenvalue weighted by Crippen LogP contribution is -2.58. The first kappa shape index (κ1) is 27.1. The normalized spacial score (nSPS) is 30.8. The summed E-state index contributed by atoms with van der Waals surface area (Å²) in [5.74, 6) is -2.88. The zero-order valence-corrected chi connectivity index (χ0v) is 22.0. The Morgan fingerprint density at radius 2 is 1.95 bits per heavy atom. The molecule has 1 spiro atoms. The number of ether oxygens (including phenoxy) is 2. The zero-order valence-electron chi connectivity index (χ0n) is 22.0. The molecular formula is C29H38N2O6. The summed E-state index contributed by atoms with van der Waals surface area (Å²) in [6.45, 7) is 13.1. The van der Waals surface area contributed by atoms with Crippen LogP contribution in [0.3, 0.4) is 0 Å². The molecule has 2 bridgehead atoms. The molecule has 0 saturated carbocycles. The van der Waals surface area contributed by atoms with E-state index in [1.165, 1.54) is 11.0 Å². The van der Waals surface area contributed by atoms with Crippen LogP contribution in [0.5, 0.6) is 0 Å². The molecule has 4 rings (SSSR count). The SMILES string of the molecule is C=CCOC(=O)[C@H]1[C@H]2C(=O)N([C@H](CO)c3ccccc3)C(C(=O)N(CC=C)C(C)C)C23CC[C@]1(CC)O3. The maximum absolute atomic E-state index is 14.4. The number of nitrogens with zero attached hydrogens (tertiary/aromatic N) is 2. The van der Waals surface area contributed by atoms with Gasteiger partial charge in [-0.1, -0.05) is 56.0 Å². The lowest BCUT2D eigenvalue weighted by molar-refractivity contribution is -0.163. The Bertz CT molecular complexity index is 1060. The number of likely N-dealkylation sites (tertiary alicyclic amines) is 1. The molecule has 8 heteroatoms.